The van der Waals surface area contributed by atoms with E-state index in [9.17, 15) is 14.4 Å². The van der Waals surface area contributed by atoms with Gasteiger partial charge in [-0.3, -0.25) is 19.7 Å². The van der Waals surface area contributed by atoms with Crippen LogP contribution in [-0.4, -0.2) is 42.3 Å². The molecule has 1 heterocycles. The van der Waals surface area contributed by atoms with Crippen LogP contribution >= 0.6 is 0 Å². The van der Waals surface area contributed by atoms with Crippen LogP contribution in [0.2, 0.25) is 0 Å². The molecule has 0 aromatic carbocycles. The van der Waals surface area contributed by atoms with Crippen molar-refractivity contribution in [2.45, 2.75) is 25.7 Å². The number of hydrogen-bond donors (Lipinski definition) is 2. The topological polar surface area (TPSA) is 92.5 Å². The fourth-order valence-electron chi connectivity index (χ4n) is 2.78. The molecule has 2 fully saturated rings. The number of nitrogens with zero attached hydrogens (tertiary/aromatic N) is 1. The molecule has 6 heteroatoms. The normalized spacial score (nSPS) is 29.1. The third-order valence-electron chi connectivity index (χ3n) is 3.72. The Morgan fingerprint density at radius 2 is 1.94 bits per heavy atom. The molecule has 18 heavy (non-hydrogen) atoms. The number of nitrogens with two attached hydrogens (primary N) is 1. The summed E-state index contributed by atoms with van der Waals surface area (Å²) in [4.78, 5) is 36.1. The molecular weight excluding hydrogens is 234 g/mol. The molecule has 0 aromatic heterocycles. The third-order valence-corrected chi connectivity index (χ3v) is 3.72. The summed E-state index contributed by atoms with van der Waals surface area (Å²) in [5.74, 6) is -0.555. The number of piperazine rings is 1. The Morgan fingerprint density at radius 1 is 1.28 bits per heavy atom. The summed E-state index contributed by atoms with van der Waals surface area (Å²) in [5, 5.41) is 2.20. The molecule has 0 radical (unpaired) electrons. The second kappa shape index (κ2) is 5.48. The molecule has 0 bridgehead atoms. The molecule has 3 amide bonds. The lowest BCUT2D eigenvalue weighted by Crippen LogP contribution is -2.55. The van der Waals surface area contributed by atoms with Gasteiger partial charge in [0.15, 0.2) is 0 Å². The summed E-state index contributed by atoms with van der Waals surface area (Å²) in [7, 11) is 0. The van der Waals surface area contributed by atoms with Crippen molar-refractivity contribution >= 4 is 17.7 Å². The van der Waals surface area contributed by atoms with Gasteiger partial charge in [-0.1, -0.05) is 6.42 Å². The quantitative estimate of drug-likeness (QED) is 0.632. The number of carbonyl (C=O) groups excluding carboxylic acids is 3. The Bertz CT molecular complexity index is 354. The zero-order valence-electron chi connectivity index (χ0n) is 10.4. The molecule has 3 N–H and O–H groups in total. The lowest BCUT2D eigenvalue weighted by molar-refractivity contribution is -0.148. The van der Waals surface area contributed by atoms with Gasteiger partial charge in [-0.05, 0) is 31.7 Å². The van der Waals surface area contributed by atoms with Crippen molar-refractivity contribution in [1.29, 1.82) is 0 Å². The Kier molecular flexibility index (Phi) is 3.96. The van der Waals surface area contributed by atoms with Crippen LogP contribution in [0.3, 0.4) is 0 Å². The molecule has 2 unspecified atom stereocenters. The van der Waals surface area contributed by atoms with Gasteiger partial charge in [0, 0.05) is 5.92 Å². The molecule has 1 saturated heterocycles. The van der Waals surface area contributed by atoms with Crippen molar-refractivity contribution in [3.63, 3.8) is 0 Å². The minimum absolute atomic E-state index is 0.00559. The van der Waals surface area contributed by atoms with Crippen molar-refractivity contribution in [2.75, 3.05) is 19.6 Å². The number of nitrogens with one attached hydrogen (secondary N) is 1. The minimum atomic E-state index is -0.397. The molecule has 2 rings (SSSR count). The van der Waals surface area contributed by atoms with Crippen LogP contribution in [0.15, 0.2) is 0 Å². The Labute approximate surface area is 106 Å². The van der Waals surface area contributed by atoms with E-state index < -0.39 is 11.8 Å². The van der Waals surface area contributed by atoms with Gasteiger partial charge in [0.05, 0.1) is 0 Å². The maximum absolute atomic E-state index is 12.3. The molecule has 0 aromatic rings. The monoisotopic (exact) mass is 253 g/mol. The molecule has 2 aliphatic rings. The van der Waals surface area contributed by atoms with Gasteiger partial charge in [0.1, 0.15) is 13.1 Å². The first-order valence-corrected chi connectivity index (χ1v) is 6.41. The summed E-state index contributed by atoms with van der Waals surface area (Å²) in [6.45, 7) is 0.589. The van der Waals surface area contributed by atoms with E-state index in [1.165, 1.54) is 4.90 Å². The number of carbonyl (C=O) groups is 3. The van der Waals surface area contributed by atoms with Crippen LogP contribution in [-0.2, 0) is 14.4 Å². The van der Waals surface area contributed by atoms with Crippen molar-refractivity contribution in [2.24, 2.45) is 17.6 Å². The molecular formula is C12H19N3O3. The minimum Gasteiger partial charge on any atom is -0.330 e. The molecule has 0 spiro atoms. The van der Waals surface area contributed by atoms with E-state index in [1.54, 1.807) is 0 Å². The highest BCUT2D eigenvalue weighted by Gasteiger charge is 2.33. The van der Waals surface area contributed by atoms with E-state index in [4.69, 9.17) is 5.73 Å². The predicted molar refractivity (Wildman–Crippen MR) is 64.2 cm³/mol. The van der Waals surface area contributed by atoms with Crippen LogP contribution in [0.25, 0.3) is 0 Å². The van der Waals surface area contributed by atoms with E-state index in [1.807, 2.05) is 0 Å². The predicted octanol–water partition coefficient (Wildman–Crippen LogP) is -0.763. The van der Waals surface area contributed by atoms with E-state index in [2.05, 4.69) is 5.32 Å². The standard InChI is InChI=1S/C12H19N3O3/c13-5-8-2-1-3-9(4-8)12(18)15-6-10(16)14-11(17)7-15/h8-9H,1-7,13H2,(H,14,16,17). The van der Waals surface area contributed by atoms with Crippen LogP contribution in [0.4, 0.5) is 0 Å². The fraction of sp³-hybridized carbons (Fsp3) is 0.750. The summed E-state index contributed by atoms with van der Waals surface area (Å²) in [5.41, 5.74) is 5.65. The number of rotatable bonds is 2. The maximum Gasteiger partial charge on any atom is 0.246 e. The average Bonchev–Trinajstić information content (AvgIpc) is 2.37. The first-order chi connectivity index (χ1) is 8.60. The zero-order valence-corrected chi connectivity index (χ0v) is 10.4. The van der Waals surface area contributed by atoms with Crippen LogP contribution in [0.1, 0.15) is 25.7 Å². The molecule has 1 aliphatic heterocycles. The van der Waals surface area contributed by atoms with Crippen LogP contribution in [0.5, 0.6) is 0 Å². The second-order valence-corrected chi connectivity index (χ2v) is 5.13. The molecule has 1 saturated carbocycles. The first kappa shape index (κ1) is 13.0. The summed E-state index contributed by atoms with van der Waals surface area (Å²) < 4.78 is 0. The summed E-state index contributed by atoms with van der Waals surface area (Å²) in [6.07, 6.45) is 3.68. The fourth-order valence-corrected chi connectivity index (χ4v) is 2.78. The van der Waals surface area contributed by atoms with Gasteiger partial charge in [-0.2, -0.15) is 0 Å². The van der Waals surface area contributed by atoms with Crippen molar-refractivity contribution in [3.05, 3.63) is 0 Å². The van der Waals surface area contributed by atoms with E-state index in [0.717, 1.165) is 25.7 Å². The van der Waals surface area contributed by atoms with Crippen LogP contribution < -0.4 is 11.1 Å². The Hall–Kier alpha value is -1.43. The lowest BCUT2D eigenvalue weighted by atomic mass is 9.80. The second-order valence-electron chi connectivity index (χ2n) is 5.13. The van der Waals surface area contributed by atoms with Gasteiger partial charge in [-0.15, -0.1) is 0 Å². The molecule has 100 valence electrons. The highest BCUT2D eigenvalue weighted by molar-refractivity contribution is 6.02. The largest absolute Gasteiger partial charge is 0.330 e. The molecule has 1 aliphatic carbocycles. The van der Waals surface area contributed by atoms with Crippen molar-refractivity contribution in [3.8, 4) is 0 Å². The highest BCUT2D eigenvalue weighted by atomic mass is 16.2. The van der Waals surface area contributed by atoms with Gasteiger partial charge in [0.2, 0.25) is 17.7 Å². The molecule has 6 nitrogen and oxygen atoms in total. The first-order valence-electron chi connectivity index (χ1n) is 6.41. The van der Waals surface area contributed by atoms with Crippen molar-refractivity contribution in [1.82, 2.24) is 10.2 Å². The summed E-state index contributed by atoms with van der Waals surface area (Å²) in [6, 6.07) is 0. The van der Waals surface area contributed by atoms with E-state index >= 15 is 0 Å². The average molecular weight is 253 g/mol. The molecule has 2 atom stereocenters. The lowest BCUT2D eigenvalue weighted by Gasteiger charge is -2.33. The highest BCUT2D eigenvalue weighted by Crippen LogP contribution is 2.29. The van der Waals surface area contributed by atoms with E-state index in [0.29, 0.717) is 12.5 Å². The zero-order chi connectivity index (χ0) is 13.1. The smallest absolute Gasteiger partial charge is 0.246 e. The third kappa shape index (κ3) is 2.87. The van der Waals surface area contributed by atoms with Crippen molar-refractivity contribution < 1.29 is 14.4 Å². The van der Waals surface area contributed by atoms with Gasteiger partial charge >= 0.3 is 0 Å². The summed E-state index contributed by atoms with van der Waals surface area (Å²) >= 11 is 0. The Balaban J connectivity index is 1.97. The SMILES string of the molecule is NCC1CCCC(C(=O)N2CC(=O)NC(=O)C2)C1. The van der Waals surface area contributed by atoms with Crippen LogP contribution in [0, 0.1) is 11.8 Å². The number of amides is 3. The van der Waals surface area contributed by atoms with Gasteiger partial charge in [0.25, 0.3) is 0 Å². The Morgan fingerprint density at radius 3 is 2.56 bits per heavy atom. The maximum atomic E-state index is 12.3. The van der Waals surface area contributed by atoms with Gasteiger partial charge in [-0.25, -0.2) is 0 Å². The van der Waals surface area contributed by atoms with Gasteiger partial charge < -0.3 is 10.6 Å². The van der Waals surface area contributed by atoms with E-state index in [-0.39, 0.29) is 24.9 Å². The number of imide groups is 1. The number of hydrogen-bond acceptors (Lipinski definition) is 4.